The second-order valence-electron chi connectivity index (χ2n) is 6.73. The molecule has 0 spiro atoms. The molecule has 0 unspecified atom stereocenters. The van der Waals surface area contributed by atoms with Gasteiger partial charge in [-0.2, -0.15) is 0 Å². The summed E-state index contributed by atoms with van der Waals surface area (Å²) in [5, 5.41) is 0. The third-order valence-electron chi connectivity index (χ3n) is 4.72. The van der Waals surface area contributed by atoms with Crippen molar-refractivity contribution >= 4 is 0 Å². The van der Waals surface area contributed by atoms with Gasteiger partial charge in [0.05, 0.1) is 5.69 Å². The van der Waals surface area contributed by atoms with Crippen LogP contribution in [0.3, 0.4) is 0 Å². The molecule has 0 amide bonds. The predicted octanol–water partition coefficient (Wildman–Crippen LogP) is 6.56. The maximum Gasteiger partial charge on any atom is 0.0704 e. The van der Waals surface area contributed by atoms with Gasteiger partial charge in [0.25, 0.3) is 0 Å². The number of hydrogen-bond donors (Lipinski definition) is 0. The maximum atomic E-state index is 4.67. The molecule has 0 saturated carbocycles. The third-order valence-corrected chi connectivity index (χ3v) is 4.72. The molecule has 1 aromatic carbocycles. The zero-order valence-corrected chi connectivity index (χ0v) is 16.0. The molecule has 2 rings (SSSR count). The number of nitrogens with zero attached hydrogens (tertiary/aromatic N) is 1. The second-order valence-corrected chi connectivity index (χ2v) is 6.73. The molecule has 0 aliphatic carbocycles. The van der Waals surface area contributed by atoms with Gasteiger partial charge < -0.3 is 0 Å². The van der Waals surface area contributed by atoms with Crippen molar-refractivity contribution in [3.63, 3.8) is 0 Å². The largest absolute Gasteiger partial charge is 0.256 e. The molecule has 0 bridgehead atoms. The molecular formula is C23H33N. The fourth-order valence-electron chi connectivity index (χ4n) is 3.78. The molecule has 130 valence electrons. The molecule has 0 fully saturated rings. The highest BCUT2D eigenvalue weighted by molar-refractivity contribution is 5.68. The van der Waals surface area contributed by atoms with Crippen molar-refractivity contribution in [1.82, 2.24) is 4.98 Å². The number of pyridine rings is 1. The number of hydrogen-bond acceptors (Lipinski definition) is 1. The lowest BCUT2D eigenvalue weighted by Crippen LogP contribution is -2.08. The van der Waals surface area contributed by atoms with Crippen LogP contribution in [0.2, 0.25) is 0 Å². The van der Waals surface area contributed by atoms with Crippen LogP contribution in [-0.4, -0.2) is 4.98 Å². The van der Waals surface area contributed by atoms with Gasteiger partial charge >= 0.3 is 0 Å². The lowest BCUT2D eigenvalue weighted by molar-refractivity contribution is 0.802. The highest BCUT2D eigenvalue weighted by Crippen LogP contribution is 2.33. The van der Waals surface area contributed by atoms with Gasteiger partial charge in [0, 0.05) is 11.8 Å². The van der Waals surface area contributed by atoms with Crippen LogP contribution in [0.15, 0.2) is 30.5 Å². The molecule has 1 heterocycles. The first-order valence-corrected chi connectivity index (χ1v) is 9.84. The van der Waals surface area contributed by atoms with E-state index in [9.17, 15) is 0 Å². The van der Waals surface area contributed by atoms with E-state index in [1.807, 2.05) is 12.3 Å². The van der Waals surface area contributed by atoms with Crippen molar-refractivity contribution in [3.8, 4) is 11.3 Å². The van der Waals surface area contributed by atoms with Crippen molar-refractivity contribution in [2.75, 3.05) is 0 Å². The molecule has 0 atom stereocenters. The SMILES string of the molecule is CCCc1cc(-c2ccccn2)c(CCC)c(CCC)c1CCC. The number of benzene rings is 1. The van der Waals surface area contributed by atoms with E-state index in [-0.39, 0.29) is 0 Å². The Bertz CT molecular complexity index is 628. The molecule has 1 heteroatoms. The van der Waals surface area contributed by atoms with Crippen molar-refractivity contribution in [2.45, 2.75) is 79.1 Å². The Balaban J connectivity index is 2.72. The lowest BCUT2D eigenvalue weighted by Gasteiger charge is -2.22. The minimum Gasteiger partial charge on any atom is -0.256 e. The van der Waals surface area contributed by atoms with Crippen molar-refractivity contribution < 1.29 is 0 Å². The van der Waals surface area contributed by atoms with E-state index < -0.39 is 0 Å². The molecule has 0 radical (unpaired) electrons. The van der Waals surface area contributed by atoms with E-state index in [4.69, 9.17) is 0 Å². The summed E-state index contributed by atoms with van der Waals surface area (Å²) in [5.41, 5.74) is 8.91. The maximum absolute atomic E-state index is 4.67. The lowest BCUT2D eigenvalue weighted by atomic mass is 9.83. The van der Waals surface area contributed by atoms with E-state index in [2.05, 4.69) is 50.9 Å². The van der Waals surface area contributed by atoms with E-state index in [1.165, 1.54) is 50.5 Å². The Morgan fingerprint density at radius 3 is 1.92 bits per heavy atom. The average molecular weight is 324 g/mol. The minimum atomic E-state index is 1.14. The quantitative estimate of drug-likeness (QED) is 0.509. The van der Waals surface area contributed by atoms with Gasteiger partial charge in [0.1, 0.15) is 0 Å². The summed E-state index contributed by atoms with van der Waals surface area (Å²) in [5.74, 6) is 0. The zero-order valence-electron chi connectivity index (χ0n) is 16.0. The van der Waals surface area contributed by atoms with Gasteiger partial charge in [0.2, 0.25) is 0 Å². The molecule has 1 aromatic heterocycles. The van der Waals surface area contributed by atoms with Crippen molar-refractivity contribution in [3.05, 3.63) is 52.7 Å². The monoisotopic (exact) mass is 323 g/mol. The van der Waals surface area contributed by atoms with Crippen molar-refractivity contribution in [2.24, 2.45) is 0 Å². The Labute approximate surface area is 148 Å². The zero-order chi connectivity index (χ0) is 17.4. The van der Waals surface area contributed by atoms with Gasteiger partial charge in [0.15, 0.2) is 0 Å². The van der Waals surface area contributed by atoms with Crippen LogP contribution in [0.4, 0.5) is 0 Å². The molecule has 0 aliphatic rings. The summed E-state index contributed by atoms with van der Waals surface area (Å²) in [6, 6.07) is 8.74. The van der Waals surface area contributed by atoms with Gasteiger partial charge in [-0.15, -0.1) is 0 Å². The smallest absolute Gasteiger partial charge is 0.0704 e. The fourth-order valence-corrected chi connectivity index (χ4v) is 3.78. The molecular weight excluding hydrogens is 290 g/mol. The van der Waals surface area contributed by atoms with E-state index in [1.54, 1.807) is 22.3 Å². The third kappa shape index (κ3) is 4.26. The Morgan fingerprint density at radius 1 is 0.708 bits per heavy atom. The Hall–Kier alpha value is -1.63. The summed E-state index contributed by atoms with van der Waals surface area (Å²) in [6.07, 6.45) is 11.5. The first kappa shape index (κ1) is 18.7. The van der Waals surface area contributed by atoms with Gasteiger partial charge in [-0.05, 0) is 66.1 Å². The second kappa shape index (κ2) is 9.61. The van der Waals surface area contributed by atoms with Crippen LogP contribution in [-0.2, 0) is 25.7 Å². The first-order valence-electron chi connectivity index (χ1n) is 9.84. The summed E-state index contributed by atoms with van der Waals surface area (Å²) < 4.78 is 0. The Kier molecular flexibility index (Phi) is 7.49. The first-order chi connectivity index (χ1) is 11.8. The predicted molar refractivity (Wildman–Crippen MR) is 106 cm³/mol. The van der Waals surface area contributed by atoms with Crippen LogP contribution in [0.1, 0.15) is 75.6 Å². The van der Waals surface area contributed by atoms with E-state index in [0.717, 1.165) is 12.1 Å². The van der Waals surface area contributed by atoms with Gasteiger partial charge in [-0.1, -0.05) is 59.4 Å². The van der Waals surface area contributed by atoms with Crippen LogP contribution >= 0.6 is 0 Å². The molecule has 2 aromatic rings. The summed E-state index contributed by atoms with van der Waals surface area (Å²) in [6.45, 7) is 9.18. The highest BCUT2D eigenvalue weighted by atomic mass is 14.7. The minimum absolute atomic E-state index is 1.14. The van der Waals surface area contributed by atoms with Gasteiger partial charge in [-0.25, -0.2) is 0 Å². The summed E-state index contributed by atoms with van der Waals surface area (Å²) in [4.78, 5) is 4.67. The standard InChI is InChI=1S/C23H33N/c1-5-11-18-17-22(23-15-9-10-16-24-23)21(14-8-4)20(13-7-3)19(18)12-6-2/h9-10,15-17H,5-8,11-14H2,1-4H3. The summed E-state index contributed by atoms with van der Waals surface area (Å²) >= 11 is 0. The van der Waals surface area contributed by atoms with Gasteiger partial charge in [-0.3, -0.25) is 4.98 Å². The van der Waals surface area contributed by atoms with Crippen LogP contribution < -0.4 is 0 Å². The topological polar surface area (TPSA) is 12.9 Å². The molecule has 1 nitrogen and oxygen atoms in total. The normalized spacial score (nSPS) is 11.0. The number of rotatable bonds is 9. The summed E-state index contributed by atoms with van der Waals surface area (Å²) in [7, 11) is 0. The molecule has 0 aliphatic heterocycles. The van der Waals surface area contributed by atoms with Crippen LogP contribution in [0.5, 0.6) is 0 Å². The molecule has 0 N–H and O–H groups in total. The molecule has 24 heavy (non-hydrogen) atoms. The van der Waals surface area contributed by atoms with E-state index >= 15 is 0 Å². The van der Waals surface area contributed by atoms with Crippen LogP contribution in [0, 0.1) is 0 Å². The number of aryl methyl sites for hydroxylation is 1. The Morgan fingerprint density at radius 2 is 1.33 bits per heavy atom. The van der Waals surface area contributed by atoms with Crippen molar-refractivity contribution in [1.29, 1.82) is 0 Å². The fraction of sp³-hybridized carbons (Fsp3) is 0.522. The number of aromatic nitrogens is 1. The highest BCUT2D eigenvalue weighted by Gasteiger charge is 2.17. The average Bonchev–Trinajstić information content (AvgIpc) is 2.60. The molecule has 0 saturated heterocycles. The van der Waals surface area contributed by atoms with Crippen LogP contribution in [0.25, 0.3) is 11.3 Å². The van der Waals surface area contributed by atoms with E-state index in [0.29, 0.717) is 0 Å².